The van der Waals surface area contributed by atoms with Crippen LogP contribution in [0.15, 0.2) is 41.2 Å². The monoisotopic (exact) mass is 534 g/mol. The van der Waals surface area contributed by atoms with Gasteiger partial charge in [0.1, 0.15) is 11.3 Å². The molecule has 2 aliphatic heterocycles. The van der Waals surface area contributed by atoms with Crippen molar-refractivity contribution < 1.29 is 23.4 Å². The SMILES string of the molecule is Cn1cc(Nc2ncc(C3CN(c4nc5ccc(OCC6COC(C)(C)OC6)cc5o4)C3)nc2C(N)=O)cn1. The van der Waals surface area contributed by atoms with Crippen LogP contribution < -0.4 is 20.7 Å². The van der Waals surface area contributed by atoms with Gasteiger partial charge in [-0.25, -0.2) is 9.97 Å². The number of hydrogen-bond acceptors (Lipinski definition) is 11. The van der Waals surface area contributed by atoms with Crippen LogP contribution in [0.1, 0.15) is 35.9 Å². The normalized spacial score (nSPS) is 17.8. The van der Waals surface area contributed by atoms with Crippen LogP contribution in [-0.2, 0) is 16.5 Å². The van der Waals surface area contributed by atoms with E-state index in [1.807, 2.05) is 36.9 Å². The van der Waals surface area contributed by atoms with E-state index in [0.717, 1.165) is 5.52 Å². The molecule has 6 rings (SSSR count). The van der Waals surface area contributed by atoms with E-state index in [0.29, 0.717) is 67.5 Å². The van der Waals surface area contributed by atoms with Gasteiger partial charge in [-0.05, 0) is 26.0 Å². The van der Waals surface area contributed by atoms with E-state index in [9.17, 15) is 4.79 Å². The summed E-state index contributed by atoms with van der Waals surface area (Å²) < 4.78 is 25.0. The lowest BCUT2D eigenvalue weighted by Gasteiger charge is -2.37. The van der Waals surface area contributed by atoms with Crippen molar-refractivity contribution in [1.29, 1.82) is 0 Å². The topological polar surface area (TPSA) is 156 Å². The molecule has 0 aliphatic carbocycles. The maximum Gasteiger partial charge on any atom is 0.298 e. The maximum absolute atomic E-state index is 12.1. The number of nitrogens with two attached hydrogens (primary N) is 1. The molecule has 4 aromatic rings. The number of aromatic nitrogens is 5. The van der Waals surface area contributed by atoms with Gasteiger partial charge in [-0.1, -0.05) is 0 Å². The molecule has 3 aromatic heterocycles. The molecule has 39 heavy (non-hydrogen) atoms. The first-order valence-electron chi connectivity index (χ1n) is 12.7. The Labute approximate surface area is 224 Å². The highest BCUT2D eigenvalue weighted by Crippen LogP contribution is 2.34. The second kappa shape index (κ2) is 9.82. The van der Waals surface area contributed by atoms with Crippen molar-refractivity contribution in [1.82, 2.24) is 24.7 Å². The molecular weight excluding hydrogens is 504 g/mol. The van der Waals surface area contributed by atoms with Gasteiger partial charge >= 0.3 is 0 Å². The van der Waals surface area contributed by atoms with Crippen LogP contribution in [0, 0.1) is 5.92 Å². The molecular formula is C26H30N8O5. The molecule has 0 bridgehead atoms. The van der Waals surface area contributed by atoms with Crippen molar-refractivity contribution in [3.63, 3.8) is 0 Å². The zero-order valence-corrected chi connectivity index (χ0v) is 22.0. The summed E-state index contributed by atoms with van der Waals surface area (Å²) in [4.78, 5) is 27.6. The van der Waals surface area contributed by atoms with E-state index >= 15 is 0 Å². The predicted octanol–water partition coefficient (Wildman–Crippen LogP) is 2.58. The Balaban J connectivity index is 1.08. The third-order valence-electron chi connectivity index (χ3n) is 6.73. The smallest absolute Gasteiger partial charge is 0.298 e. The number of primary amides is 1. The summed E-state index contributed by atoms with van der Waals surface area (Å²) in [7, 11) is 1.80. The van der Waals surface area contributed by atoms with Crippen molar-refractivity contribution in [3.8, 4) is 5.75 Å². The molecule has 5 heterocycles. The summed E-state index contributed by atoms with van der Waals surface area (Å²) in [6, 6.07) is 6.12. The number of anilines is 3. The molecule has 2 aliphatic rings. The van der Waals surface area contributed by atoms with Crippen LogP contribution in [0.25, 0.3) is 11.1 Å². The Morgan fingerprint density at radius 3 is 2.72 bits per heavy atom. The number of amides is 1. The molecule has 13 nitrogen and oxygen atoms in total. The van der Waals surface area contributed by atoms with Gasteiger partial charge in [0, 0.05) is 44.2 Å². The number of ether oxygens (including phenoxy) is 3. The highest BCUT2D eigenvalue weighted by molar-refractivity contribution is 5.96. The van der Waals surface area contributed by atoms with Crippen LogP contribution in [0.2, 0.25) is 0 Å². The average molecular weight is 535 g/mol. The van der Waals surface area contributed by atoms with Crippen LogP contribution >= 0.6 is 0 Å². The zero-order valence-electron chi connectivity index (χ0n) is 22.0. The highest BCUT2D eigenvalue weighted by atomic mass is 16.7. The van der Waals surface area contributed by atoms with E-state index in [1.54, 1.807) is 30.3 Å². The predicted molar refractivity (Wildman–Crippen MR) is 141 cm³/mol. The lowest BCUT2D eigenvalue weighted by molar-refractivity contribution is -0.264. The number of nitrogens with zero attached hydrogens (tertiary/aromatic N) is 6. The Hall–Kier alpha value is -4.23. The van der Waals surface area contributed by atoms with Gasteiger partial charge < -0.3 is 34.6 Å². The molecule has 3 N–H and O–H groups in total. The third kappa shape index (κ3) is 5.36. The van der Waals surface area contributed by atoms with E-state index in [4.69, 9.17) is 24.4 Å². The summed E-state index contributed by atoms with van der Waals surface area (Å²) in [6.45, 7) is 6.72. The van der Waals surface area contributed by atoms with Crippen molar-refractivity contribution in [2.75, 3.05) is 43.1 Å². The number of carbonyl (C=O) groups is 1. The van der Waals surface area contributed by atoms with Gasteiger partial charge in [-0.15, -0.1) is 0 Å². The van der Waals surface area contributed by atoms with E-state index in [1.165, 1.54) is 0 Å². The fourth-order valence-corrected chi connectivity index (χ4v) is 4.46. The molecule has 0 saturated carbocycles. The third-order valence-corrected chi connectivity index (χ3v) is 6.73. The van der Waals surface area contributed by atoms with E-state index in [2.05, 4.69) is 25.4 Å². The Bertz CT molecular complexity index is 1500. The minimum Gasteiger partial charge on any atom is -0.493 e. The number of aryl methyl sites for hydroxylation is 1. The molecule has 13 heteroatoms. The molecule has 0 spiro atoms. The van der Waals surface area contributed by atoms with Crippen LogP contribution in [0.4, 0.5) is 17.5 Å². The van der Waals surface area contributed by atoms with Crippen LogP contribution in [0.5, 0.6) is 5.75 Å². The standard InChI is InChI=1S/C26H30N8O5/c1-26(2)37-13-15(14-38-26)12-36-18-4-5-19-21(6-18)39-25(32-19)34-9-16(10-34)20-8-28-24(22(31-20)23(27)35)30-17-7-29-33(3)11-17/h4-8,11,15-16H,9-10,12-14H2,1-3H3,(H2,27,35)(H,28,30). The summed E-state index contributed by atoms with van der Waals surface area (Å²) in [5.41, 5.74) is 8.43. The van der Waals surface area contributed by atoms with Crippen molar-refractivity contribution >= 4 is 34.5 Å². The number of carbonyl (C=O) groups excluding carboxylic acids is 1. The zero-order chi connectivity index (χ0) is 27.1. The molecule has 0 unspecified atom stereocenters. The van der Waals surface area contributed by atoms with Gasteiger partial charge in [0.15, 0.2) is 22.9 Å². The Kier molecular flexibility index (Phi) is 6.31. The first kappa shape index (κ1) is 25.1. The first-order valence-corrected chi connectivity index (χ1v) is 12.7. The van der Waals surface area contributed by atoms with E-state index < -0.39 is 11.7 Å². The van der Waals surface area contributed by atoms with E-state index in [-0.39, 0.29) is 17.5 Å². The fourth-order valence-electron chi connectivity index (χ4n) is 4.46. The second-order valence-corrected chi connectivity index (χ2v) is 10.3. The van der Waals surface area contributed by atoms with Gasteiger partial charge in [0.2, 0.25) is 0 Å². The number of oxazole rings is 1. The Morgan fingerprint density at radius 2 is 2.00 bits per heavy atom. The van der Waals surface area contributed by atoms with Gasteiger partial charge in [-0.3, -0.25) is 9.48 Å². The van der Waals surface area contributed by atoms with Crippen molar-refractivity contribution in [2.24, 2.45) is 18.7 Å². The largest absolute Gasteiger partial charge is 0.493 e. The molecule has 204 valence electrons. The number of fused-ring (bicyclic) bond motifs is 1. The van der Waals surface area contributed by atoms with Crippen molar-refractivity contribution in [2.45, 2.75) is 25.6 Å². The van der Waals surface area contributed by atoms with Crippen LogP contribution in [-0.4, -0.2) is 69.3 Å². The summed E-state index contributed by atoms with van der Waals surface area (Å²) in [5.74, 6) is 0.0122. The maximum atomic E-state index is 12.1. The number of hydrogen-bond donors (Lipinski definition) is 2. The fraction of sp³-hybridized carbons (Fsp3) is 0.423. The first-order chi connectivity index (χ1) is 18.7. The minimum atomic E-state index is -0.656. The summed E-state index contributed by atoms with van der Waals surface area (Å²) in [6.07, 6.45) is 5.05. The highest BCUT2D eigenvalue weighted by Gasteiger charge is 2.34. The molecule has 1 amide bonds. The van der Waals surface area contributed by atoms with Crippen LogP contribution in [0.3, 0.4) is 0 Å². The van der Waals surface area contributed by atoms with Gasteiger partial charge in [0.05, 0.1) is 43.6 Å². The van der Waals surface area contributed by atoms with Gasteiger partial charge in [-0.2, -0.15) is 10.1 Å². The lowest BCUT2D eigenvalue weighted by atomic mass is 9.97. The van der Waals surface area contributed by atoms with Gasteiger partial charge in [0.25, 0.3) is 11.9 Å². The molecule has 2 fully saturated rings. The number of nitrogens with one attached hydrogen (secondary N) is 1. The Morgan fingerprint density at radius 1 is 1.21 bits per heavy atom. The summed E-state index contributed by atoms with van der Waals surface area (Å²) in [5, 5.41) is 7.14. The number of benzene rings is 1. The second-order valence-electron chi connectivity index (χ2n) is 10.3. The molecule has 0 radical (unpaired) electrons. The average Bonchev–Trinajstić information content (AvgIpc) is 3.48. The molecule has 2 saturated heterocycles. The quantitative estimate of drug-likeness (QED) is 0.342. The lowest BCUT2D eigenvalue weighted by Crippen LogP contribution is -2.45. The number of rotatable bonds is 8. The summed E-state index contributed by atoms with van der Waals surface area (Å²) >= 11 is 0. The van der Waals surface area contributed by atoms with Crippen molar-refractivity contribution in [3.05, 3.63) is 48.2 Å². The molecule has 1 aromatic carbocycles. The minimum absolute atomic E-state index is 0.0573. The molecule has 0 atom stereocenters.